The minimum Gasteiger partial charge on any atom is -0.744 e. The van der Waals surface area contributed by atoms with Crippen molar-refractivity contribution in [2.45, 2.75) is 136 Å². The maximum absolute atomic E-state index is 10.9. The van der Waals surface area contributed by atoms with Gasteiger partial charge in [0, 0.05) is 27.6 Å². The molecule has 0 heterocycles. The third-order valence-electron chi connectivity index (χ3n) is 9.77. The third kappa shape index (κ3) is 33.3. The van der Waals surface area contributed by atoms with Gasteiger partial charge in [-0.1, -0.05) is 200 Å². The van der Waals surface area contributed by atoms with Crippen LogP contribution in [0.25, 0.3) is 32.3 Å². The molecule has 0 atom stereocenters. The van der Waals surface area contributed by atoms with E-state index in [4.69, 9.17) is 0 Å². The van der Waals surface area contributed by atoms with Gasteiger partial charge in [0.05, 0.1) is 43.1 Å². The van der Waals surface area contributed by atoms with Crippen molar-refractivity contribution < 1.29 is 143 Å². The summed E-state index contributed by atoms with van der Waals surface area (Å²) in [5, 5.41) is 58.5. The fourth-order valence-electron chi connectivity index (χ4n) is 6.43. The van der Waals surface area contributed by atoms with Crippen LogP contribution in [0.1, 0.15) is 122 Å². The molecule has 9 rings (SSSR count). The fraction of sp³-hybridized carbons (Fsp3) is 0.273. The maximum atomic E-state index is 10.9. The van der Waals surface area contributed by atoms with Gasteiger partial charge in [-0.3, -0.25) is 0 Å². The van der Waals surface area contributed by atoms with Gasteiger partial charge >= 0.3 is 88.7 Å². The summed E-state index contributed by atoms with van der Waals surface area (Å²) in [4.78, 5) is -0.963. The number of hydrogen-bond donors (Lipinski definition) is 3. The van der Waals surface area contributed by atoms with Crippen LogP contribution in [0, 0.1) is 0 Å². The summed E-state index contributed by atoms with van der Waals surface area (Å²) >= 11 is 0. The summed E-state index contributed by atoms with van der Waals surface area (Å²) < 4.78 is 97.8. The van der Waals surface area contributed by atoms with Crippen LogP contribution in [-0.2, 0) is 30.4 Å². The van der Waals surface area contributed by atoms with Crippen molar-refractivity contribution in [2.24, 2.45) is 30.7 Å². The third-order valence-corrected chi connectivity index (χ3v) is 12.3. The van der Waals surface area contributed by atoms with Crippen molar-refractivity contribution in [3.63, 3.8) is 0 Å². The van der Waals surface area contributed by atoms with Crippen molar-refractivity contribution in [2.75, 3.05) is 0 Å². The van der Waals surface area contributed by atoms with E-state index in [0.29, 0.717) is 39.5 Å². The zero-order valence-corrected chi connectivity index (χ0v) is 62.9. The van der Waals surface area contributed by atoms with Crippen molar-refractivity contribution >= 4 is 96.8 Å². The van der Waals surface area contributed by atoms with Crippen molar-refractivity contribution in [3.05, 3.63) is 182 Å². The van der Waals surface area contributed by atoms with E-state index >= 15 is 0 Å². The summed E-state index contributed by atoms with van der Waals surface area (Å²) in [5.74, 6) is 0.223. The van der Waals surface area contributed by atoms with Crippen molar-refractivity contribution in [1.82, 2.24) is 0 Å². The van der Waals surface area contributed by atoms with E-state index in [-0.39, 0.29) is 121 Å². The predicted octanol–water partition coefficient (Wildman–Crippen LogP) is 11.1. The van der Waals surface area contributed by atoms with Gasteiger partial charge in [0.25, 0.3) is 0 Å². The summed E-state index contributed by atoms with van der Waals surface area (Å²) in [6.07, 6.45) is 7.50. The second kappa shape index (κ2) is 48.4. The Morgan fingerprint density at radius 3 is 1.01 bits per heavy atom. The number of aromatic hydroxyl groups is 3. The van der Waals surface area contributed by atoms with Crippen molar-refractivity contribution in [1.29, 1.82) is 0 Å². The number of nitrogens with zero attached hydrogens (tertiary/aromatic N) is 6. The Hall–Kier alpha value is -5.31. The molecular weight excluding hydrogens is 1230 g/mol. The van der Waals surface area contributed by atoms with Gasteiger partial charge in [-0.15, -0.1) is 15.3 Å². The van der Waals surface area contributed by atoms with Crippen LogP contribution in [0.3, 0.4) is 0 Å². The Morgan fingerprint density at radius 1 is 0.311 bits per heavy atom. The van der Waals surface area contributed by atoms with Crippen LogP contribution in [0.15, 0.2) is 227 Å². The molecule has 9 aromatic carbocycles. The van der Waals surface area contributed by atoms with E-state index in [1.54, 1.807) is 24.3 Å². The molecule has 0 radical (unpaired) electrons. The molecule has 90 heavy (non-hydrogen) atoms. The van der Waals surface area contributed by atoms with Gasteiger partial charge < -0.3 is 29.0 Å². The molecule has 0 unspecified atom stereocenters. The molecule has 24 heteroatoms. The SMILES string of the molecule is CCC.CCC.CCC.CCC.CCC.CCC.O=S(=O)([O-])c1ccc(N=Nc2c(O)ccc3ccccc23)cc1.O=S(=O)([O-])c1ccc(N=Nc2cc(O)cc3ccccc23)cc1.O=S(=O)([O-])c1ccc(N=Nc2ccc(O)c3ccccc23)cc1.[Na+].[Na+].[Na+]. The van der Waals surface area contributed by atoms with Gasteiger partial charge in [-0.2, -0.15) is 15.3 Å². The molecule has 0 saturated heterocycles. The quantitative estimate of drug-likeness (QED) is 0.0690. The molecule has 0 aliphatic heterocycles. The van der Waals surface area contributed by atoms with E-state index in [9.17, 15) is 54.2 Å². The van der Waals surface area contributed by atoms with E-state index in [2.05, 4.69) is 114 Å². The molecule has 9 aromatic rings. The van der Waals surface area contributed by atoms with Crippen LogP contribution in [0.4, 0.5) is 34.1 Å². The van der Waals surface area contributed by atoms with Crippen LogP contribution in [0.5, 0.6) is 17.2 Å². The summed E-state index contributed by atoms with van der Waals surface area (Å²) in [6, 6.07) is 47.0. The topological polar surface area (TPSA) is 306 Å². The molecule has 0 saturated carbocycles. The van der Waals surface area contributed by atoms with Gasteiger partial charge in [-0.05, 0) is 108 Å². The zero-order chi connectivity index (χ0) is 65.6. The van der Waals surface area contributed by atoms with Gasteiger partial charge in [0.1, 0.15) is 53.3 Å². The van der Waals surface area contributed by atoms with E-state index in [1.165, 1.54) is 130 Å². The molecule has 0 spiro atoms. The predicted molar refractivity (Wildman–Crippen MR) is 348 cm³/mol. The second-order valence-corrected chi connectivity index (χ2v) is 22.8. The Morgan fingerprint density at radius 2 is 0.622 bits per heavy atom. The van der Waals surface area contributed by atoms with Crippen LogP contribution in [0.2, 0.25) is 0 Å². The first-order chi connectivity index (χ1) is 41.3. The maximum Gasteiger partial charge on any atom is 1.00 e. The molecular formula is C66H81N6Na3O12S3. The summed E-state index contributed by atoms with van der Waals surface area (Å²) in [7, 11) is -13.4. The molecule has 18 nitrogen and oxygen atoms in total. The van der Waals surface area contributed by atoms with Crippen molar-refractivity contribution in [3.8, 4) is 17.2 Å². The molecule has 0 amide bonds. The number of rotatable bonds is 9. The Kier molecular flexibility index (Phi) is 47.8. The molecule has 0 fully saturated rings. The van der Waals surface area contributed by atoms with Crippen LogP contribution < -0.4 is 88.7 Å². The Balaban J connectivity index is -0.00000109. The van der Waals surface area contributed by atoms with Gasteiger partial charge in [-0.25, -0.2) is 25.3 Å². The minimum atomic E-state index is -4.48. The van der Waals surface area contributed by atoms with Crippen LogP contribution in [-0.4, -0.2) is 54.2 Å². The Bertz CT molecular complexity index is 3900. The van der Waals surface area contributed by atoms with E-state index in [0.717, 1.165) is 26.9 Å². The first-order valence-corrected chi connectivity index (χ1v) is 32.6. The summed E-state index contributed by atoms with van der Waals surface area (Å²) in [5.41, 5.74) is 2.55. The van der Waals surface area contributed by atoms with E-state index in [1.807, 2.05) is 66.7 Å². The average molecular weight is 1320 g/mol. The average Bonchev–Trinajstić information content (AvgIpc) is 0.915. The van der Waals surface area contributed by atoms with Crippen LogP contribution >= 0.6 is 0 Å². The summed E-state index contributed by atoms with van der Waals surface area (Å²) in [6.45, 7) is 25.5. The Labute approximate surface area is 599 Å². The standard InChI is InChI=1S/3C16H12N2O4S.6C3H8.3Na/c19-15-10-5-11-3-1-2-4-14(11)16(15)18-17-12-6-8-13(9-7-12)23(20,21)22;19-13-9-11-3-1-2-4-15(11)16(10-13)18-17-12-5-7-14(8-6-12)23(20,21)22;19-16-10-9-15(13-3-1-2-4-14(13)16)18-17-11-5-7-12(8-6-11)23(20,21)22;6*1-3-2;;;/h3*1-10,19H,(H,20,21,22);6*3H2,1-2H3;;;/q;;;;;;;;;3*+1/p-3. The van der Waals surface area contributed by atoms with Gasteiger partial charge in [0.15, 0.2) is 0 Å². The first-order valence-electron chi connectivity index (χ1n) is 28.4. The molecule has 0 aromatic heterocycles. The second-order valence-electron chi connectivity index (χ2n) is 18.7. The molecule has 0 aliphatic carbocycles. The largest absolute Gasteiger partial charge is 1.00 e. The number of benzene rings is 9. The first kappa shape index (κ1) is 88.9. The minimum absolute atomic E-state index is 0. The number of fused-ring (bicyclic) bond motifs is 3. The van der Waals surface area contributed by atoms with E-state index < -0.39 is 30.4 Å². The number of phenolic OH excluding ortho intramolecular Hbond substituents is 3. The monoisotopic (exact) mass is 1310 g/mol. The number of phenols is 3. The number of azo groups is 3. The zero-order valence-electron chi connectivity index (χ0n) is 54.5. The fourth-order valence-corrected chi connectivity index (χ4v) is 7.84. The molecule has 468 valence electrons. The molecule has 0 bridgehead atoms. The smallest absolute Gasteiger partial charge is 0.744 e. The number of hydrogen-bond acceptors (Lipinski definition) is 18. The molecule has 3 N–H and O–H groups in total. The van der Waals surface area contributed by atoms with Gasteiger partial charge in [0.2, 0.25) is 0 Å². The normalized spacial score (nSPS) is 10.4. The molecule has 0 aliphatic rings.